The molecule has 0 unspecified atom stereocenters. The molecular weight excluding hydrogens is 170 g/mol. The number of rotatable bonds is 1. The van der Waals surface area contributed by atoms with Gasteiger partial charge in [-0.25, -0.2) is 0 Å². The Bertz CT molecular complexity index is 142. The molecule has 1 fully saturated rings. The second kappa shape index (κ2) is 6.86. The highest BCUT2D eigenvalue weighted by molar-refractivity contribution is 5.72. The Kier molecular flexibility index (Phi) is 6.54. The molecule has 0 aliphatic heterocycles. The van der Waals surface area contributed by atoms with Gasteiger partial charge >= 0.3 is 5.97 Å². The van der Waals surface area contributed by atoms with Gasteiger partial charge in [0.05, 0.1) is 6.10 Å². The molecule has 1 atom stereocenters. The highest BCUT2D eigenvalue weighted by Crippen LogP contribution is 2.16. The fraction of sp³-hybridized carbons (Fsp3) is 0.889. The number of carbonyl (C=O) groups is 1. The smallest absolute Gasteiger partial charge is 0.320 e. The van der Waals surface area contributed by atoms with E-state index >= 15 is 0 Å². The SMILES string of the molecule is C[C@H](N)C(=O)O.OC1CCCCC1. The molecule has 1 saturated carbocycles. The predicted molar refractivity (Wildman–Crippen MR) is 50.4 cm³/mol. The van der Waals surface area contributed by atoms with Gasteiger partial charge in [-0.15, -0.1) is 0 Å². The van der Waals surface area contributed by atoms with Crippen molar-refractivity contribution in [3.05, 3.63) is 0 Å². The van der Waals surface area contributed by atoms with Gasteiger partial charge < -0.3 is 15.9 Å². The van der Waals surface area contributed by atoms with E-state index < -0.39 is 12.0 Å². The van der Waals surface area contributed by atoms with Gasteiger partial charge in [-0.05, 0) is 19.8 Å². The number of hydrogen-bond donors (Lipinski definition) is 3. The third-order valence-electron chi connectivity index (χ3n) is 1.96. The molecule has 4 nitrogen and oxygen atoms in total. The van der Waals surface area contributed by atoms with Gasteiger partial charge in [-0.2, -0.15) is 0 Å². The third kappa shape index (κ3) is 7.74. The van der Waals surface area contributed by atoms with Crippen LogP contribution in [0.25, 0.3) is 0 Å². The van der Waals surface area contributed by atoms with Crippen molar-refractivity contribution in [2.45, 2.75) is 51.2 Å². The Morgan fingerprint density at radius 3 is 1.92 bits per heavy atom. The first-order valence-corrected chi connectivity index (χ1v) is 4.70. The lowest BCUT2D eigenvalue weighted by molar-refractivity contribution is -0.138. The first-order valence-electron chi connectivity index (χ1n) is 4.70. The maximum Gasteiger partial charge on any atom is 0.320 e. The number of carboxylic acids is 1. The summed E-state index contributed by atoms with van der Waals surface area (Å²) < 4.78 is 0. The summed E-state index contributed by atoms with van der Waals surface area (Å²) in [5.41, 5.74) is 4.84. The summed E-state index contributed by atoms with van der Waals surface area (Å²) in [5, 5.41) is 16.8. The van der Waals surface area contributed by atoms with Crippen molar-refractivity contribution in [3.8, 4) is 0 Å². The molecule has 0 amide bonds. The van der Waals surface area contributed by atoms with Crippen LogP contribution in [0.5, 0.6) is 0 Å². The number of hydrogen-bond acceptors (Lipinski definition) is 3. The summed E-state index contributed by atoms with van der Waals surface area (Å²) in [6.45, 7) is 1.42. The van der Waals surface area contributed by atoms with Crippen molar-refractivity contribution < 1.29 is 15.0 Å². The molecule has 0 heterocycles. The van der Waals surface area contributed by atoms with E-state index in [9.17, 15) is 4.79 Å². The zero-order chi connectivity index (χ0) is 10.3. The largest absolute Gasteiger partial charge is 0.480 e. The average Bonchev–Trinajstić information content (AvgIpc) is 2.06. The van der Waals surface area contributed by atoms with Crippen LogP contribution in [0.2, 0.25) is 0 Å². The van der Waals surface area contributed by atoms with Crippen LogP contribution in [0.15, 0.2) is 0 Å². The topological polar surface area (TPSA) is 83.6 Å². The molecule has 0 bridgehead atoms. The van der Waals surface area contributed by atoms with Crippen LogP contribution < -0.4 is 5.73 Å². The van der Waals surface area contributed by atoms with Crippen LogP contribution in [0.3, 0.4) is 0 Å². The number of carboxylic acid groups (broad SMARTS) is 1. The van der Waals surface area contributed by atoms with Crippen molar-refractivity contribution in [2.75, 3.05) is 0 Å². The highest BCUT2D eigenvalue weighted by atomic mass is 16.4. The van der Waals surface area contributed by atoms with Gasteiger partial charge in [0.15, 0.2) is 0 Å². The lowest BCUT2D eigenvalue weighted by atomic mass is 9.98. The zero-order valence-electron chi connectivity index (χ0n) is 8.07. The molecule has 0 aromatic carbocycles. The molecule has 0 aromatic heterocycles. The van der Waals surface area contributed by atoms with Crippen molar-refractivity contribution in [1.29, 1.82) is 0 Å². The van der Waals surface area contributed by atoms with E-state index in [2.05, 4.69) is 0 Å². The molecule has 1 rings (SSSR count). The molecular formula is C9H19NO3. The molecule has 0 spiro atoms. The molecule has 0 aromatic rings. The summed E-state index contributed by atoms with van der Waals surface area (Å²) in [6, 6.07) is -0.731. The summed E-state index contributed by atoms with van der Waals surface area (Å²) in [6.07, 6.45) is 5.92. The highest BCUT2D eigenvalue weighted by Gasteiger charge is 2.07. The summed E-state index contributed by atoms with van der Waals surface area (Å²) in [4.78, 5) is 9.57. The van der Waals surface area contributed by atoms with E-state index in [1.165, 1.54) is 26.2 Å². The zero-order valence-corrected chi connectivity index (χ0v) is 8.07. The minimum atomic E-state index is -0.963. The van der Waals surface area contributed by atoms with Crippen LogP contribution >= 0.6 is 0 Å². The van der Waals surface area contributed by atoms with E-state index in [-0.39, 0.29) is 6.10 Å². The molecule has 0 radical (unpaired) electrons. The minimum Gasteiger partial charge on any atom is -0.480 e. The fourth-order valence-electron chi connectivity index (χ4n) is 1.08. The Labute approximate surface area is 78.7 Å². The normalized spacial score (nSPS) is 19.9. The first-order chi connectivity index (χ1) is 6.04. The molecule has 78 valence electrons. The number of nitrogens with two attached hydrogens (primary N) is 1. The van der Waals surface area contributed by atoms with Crippen LogP contribution in [0.4, 0.5) is 0 Å². The predicted octanol–water partition coefficient (Wildman–Crippen LogP) is 0.730. The fourth-order valence-corrected chi connectivity index (χ4v) is 1.08. The second-order valence-corrected chi connectivity index (χ2v) is 3.42. The van der Waals surface area contributed by atoms with Crippen molar-refractivity contribution in [3.63, 3.8) is 0 Å². The molecule has 1 aliphatic rings. The Morgan fingerprint density at radius 2 is 1.77 bits per heavy atom. The molecule has 13 heavy (non-hydrogen) atoms. The molecule has 4 N–H and O–H groups in total. The van der Waals surface area contributed by atoms with E-state index in [1.54, 1.807) is 0 Å². The summed E-state index contributed by atoms with van der Waals surface area (Å²) in [5.74, 6) is -0.963. The second-order valence-electron chi connectivity index (χ2n) is 3.42. The summed E-state index contributed by atoms with van der Waals surface area (Å²) >= 11 is 0. The molecule has 1 aliphatic carbocycles. The molecule has 0 saturated heterocycles. The maximum absolute atomic E-state index is 9.57. The van der Waals surface area contributed by atoms with Crippen LogP contribution in [0.1, 0.15) is 39.0 Å². The number of aliphatic carboxylic acids is 1. The Hall–Kier alpha value is -0.610. The Morgan fingerprint density at radius 1 is 1.38 bits per heavy atom. The van der Waals surface area contributed by atoms with Crippen molar-refractivity contribution in [2.24, 2.45) is 5.73 Å². The first kappa shape index (κ1) is 12.4. The maximum atomic E-state index is 9.57. The van der Waals surface area contributed by atoms with Crippen LogP contribution in [0, 0.1) is 0 Å². The van der Waals surface area contributed by atoms with Crippen molar-refractivity contribution in [1.82, 2.24) is 0 Å². The van der Waals surface area contributed by atoms with Crippen LogP contribution in [-0.2, 0) is 4.79 Å². The van der Waals surface area contributed by atoms with Gasteiger partial charge in [-0.1, -0.05) is 19.3 Å². The molecule has 4 heteroatoms. The van der Waals surface area contributed by atoms with E-state index in [0.717, 1.165) is 12.8 Å². The lowest BCUT2D eigenvalue weighted by Gasteiger charge is -2.14. The van der Waals surface area contributed by atoms with E-state index in [4.69, 9.17) is 15.9 Å². The quantitative estimate of drug-likeness (QED) is 0.567. The van der Waals surface area contributed by atoms with E-state index in [0.29, 0.717) is 0 Å². The minimum absolute atomic E-state index is 0.0359. The summed E-state index contributed by atoms with van der Waals surface area (Å²) in [7, 11) is 0. The third-order valence-corrected chi connectivity index (χ3v) is 1.96. The average molecular weight is 189 g/mol. The lowest BCUT2D eigenvalue weighted by Crippen LogP contribution is -2.25. The van der Waals surface area contributed by atoms with Gasteiger partial charge in [0, 0.05) is 0 Å². The standard InChI is InChI=1S/C6H12O.C3H7NO2/c7-6-4-2-1-3-5-6;1-2(4)3(5)6/h6-7H,1-5H2;2H,4H2,1H3,(H,5,6)/t;2-/m.0/s1. The van der Waals surface area contributed by atoms with Gasteiger partial charge in [0.25, 0.3) is 0 Å². The van der Waals surface area contributed by atoms with Crippen LogP contribution in [-0.4, -0.2) is 28.3 Å². The van der Waals surface area contributed by atoms with Crippen molar-refractivity contribution >= 4 is 5.97 Å². The van der Waals surface area contributed by atoms with E-state index in [1.807, 2.05) is 0 Å². The number of aliphatic hydroxyl groups excluding tert-OH is 1. The monoisotopic (exact) mass is 189 g/mol. The number of aliphatic hydroxyl groups is 1. The van der Waals surface area contributed by atoms with Gasteiger partial charge in [0.2, 0.25) is 0 Å². The van der Waals surface area contributed by atoms with Gasteiger partial charge in [-0.3, -0.25) is 4.79 Å². The Balaban J connectivity index is 0.000000226. The van der Waals surface area contributed by atoms with Gasteiger partial charge in [0.1, 0.15) is 6.04 Å².